The number of ether oxygens (including phenoxy) is 2. The lowest BCUT2D eigenvalue weighted by Gasteiger charge is -2.14. The van der Waals surface area contributed by atoms with Gasteiger partial charge >= 0.3 is 5.97 Å². The summed E-state index contributed by atoms with van der Waals surface area (Å²) in [6, 6.07) is 16.3. The van der Waals surface area contributed by atoms with Gasteiger partial charge in [-0.1, -0.05) is 30.3 Å². The van der Waals surface area contributed by atoms with Crippen LogP contribution < -0.4 is 4.74 Å². The molecule has 2 aromatic carbocycles. The molecule has 7 nitrogen and oxygen atoms in total. The van der Waals surface area contributed by atoms with Crippen LogP contribution in [0.2, 0.25) is 0 Å². The van der Waals surface area contributed by atoms with Crippen molar-refractivity contribution in [2.75, 3.05) is 26.9 Å². The Kier molecular flexibility index (Phi) is 7.04. The molecule has 0 aromatic heterocycles. The van der Waals surface area contributed by atoms with E-state index in [1.165, 1.54) is 11.8 Å². The summed E-state index contributed by atoms with van der Waals surface area (Å²) in [6.45, 7) is 0.416. The second-order valence-corrected chi connectivity index (χ2v) is 7.05. The van der Waals surface area contributed by atoms with Crippen molar-refractivity contribution >= 4 is 40.6 Å². The molecule has 29 heavy (non-hydrogen) atoms. The molecule has 1 N–H and O–H groups in total. The maximum atomic E-state index is 12.9. The van der Waals surface area contributed by atoms with Crippen molar-refractivity contribution in [3.05, 3.63) is 65.1 Å². The van der Waals surface area contributed by atoms with Crippen molar-refractivity contribution in [3.63, 3.8) is 0 Å². The van der Waals surface area contributed by atoms with Crippen LogP contribution in [0.3, 0.4) is 0 Å². The molecule has 1 heterocycles. The van der Waals surface area contributed by atoms with Crippen molar-refractivity contribution in [2.24, 2.45) is 4.99 Å². The Morgan fingerprint density at radius 2 is 1.90 bits per heavy atom. The maximum absolute atomic E-state index is 12.9. The molecule has 0 spiro atoms. The fraction of sp³-hybridized carbons (Fsp3) is 0.190. The van der Waals surface area contributed by atoms with Crippen LogP contribution in [0, 0.1) is 0 Å². The van der Waals surface area contributed by atoms with Gasteiger partial charge in [-0.2, -0.15) is 0 Å². The fourth-order valence-corrected chi connectivity index (χ4v) is 3.57. The topological polar surface area (TPSA) is 88.4 Å². The lowest BCUT2D eigenvalue weighted by molar-refractivity contribution is -0.139. The second-order valence-electron chi connectivity index (χ2n) is 6.04. The number of amidine groups is 1. The van der Waals surface area contributed by atoms with Gasteiger partial charge in [0.1, 0.15) is 5.75 Å². The van der Waals surface area contributed by atoms with E-state index in [1.54, 1.807) is 42.4 Å². The Bertz CT molecular complexity index is 926. The highest BCUT2D eigenvalue weighted by atomic mass is 32.2. The number of aliphatic imine (C=N–C) groups is 1. The number of carbonyl (C=O) groups excluding carboxylic acids is 1. The Labute approximate surface area is 172 Å². The molecule has 150 valence electrons. The number of carboxylic acids is 1. The van der Waals surface area contributed by atoms with Crippen molar-refractivity contribution in [3.8, 4) is 5.75 Å². The number of benzene rings is 2. The summed E-state index contributed by atoms with van der Waals surface area (Å²) >= 11 is 1.31. The van der Waals surface area contributed by atoms with Gasteiger partial charge in [0.25, 0.3) is 5.91 Å². The van der Waals surface area contributed by atoms with Crippen LogP contribution in [0.15, 0.2) is 64.5 Å². The normalized spacial score (nSPS) is 16.6. The third-order valence-corrected chi connectivity index (χ3v) is 4.93. The standard InChI is InChI=1S/C21H20N2O5S/c1-27-12-11-23-20(26)18(29-21(23)22-16-5-3-2-4-6-16)13-15-7-9-17(10-8-15)28-14-19(24)25/h2-10,13H,11-12,14H2,1H3,(H,24,25)/b18-13-,22-21?. The fourth-order valence-electron chi connectivity index (χ4n) is 2.54. The molecule has 0 unspecified atom stereocenters. The minimum atomic E-state index is -1.04. The molecule has 3 rings (SSSR count). The Hall–Kier alpha value is -3.10. The number of carbonyl (C=O) groups is 2. The summed E-state index contributed by atoms with van der Waals surface area (Å²) in [5.74, 6) is -0.716. The van der Waals surface area contributed by atoms with E-state index in [2.05, 4.69) is 4.99 Å². The molecule has 0 saturated carbocycles. The summed E-state index contributed by atoms with van der Waals surface area (Å²) in [6.07, 6.45) is 1.78. The highest BCUT2D eigenvalue weighted by molar-refractivity contribution is 8.18. The van der Waals surface area contributed by atoms with Gasteiger partial charge < -0.3 is 14.6 Å². The third-order valence-electron chi connectivity index (χ3n) is 3.93. The SMILES string of the molecule is COCCN1C(=O)/C(=C/c2ccc(OCC(=O)O)cc2)SC1=Nc1ccccc1. The number of methoxy groups -OCH3 is 1. The van der Waals surface area contributed by atoms with Crippen molar-refractivity contribution in [1.82, 2.24) is 4.90 Å². The average Bonchev–Trinajstić information content (AvgIpc) is 3.01. The molecule has 1 aliphatic heterocycles. The highest BCUT2D eigenvalue weighted by Crippen LogP contribution is 2.34. The zero-order valence-electron chi connectivity index (χ0n) is 15.8. The van der Waals surface area contributed by atoms with Gasteiger partial charge in [-0.15, -0.1) is 0 Å². The third kappa shape index (κ3) is 5.69. The van der Waals surface area contributed by atoms with Crippen molar-refractivity contribution in [2.45, 2.75) is 0 Å². The van der Waals surface area contributed by atoms with Gasteiger partial charge in [-0.25, -0.2) is 9.79 Å². The Morgan fingerprint density at radius 1 is 1.17 bits per heavy atom. The molecular formula is C21H20N2O5S. The maximum Gasteiger partial charge on any atom is 0.341 e. The van der Waals surface area contributed by atoms with Gasteiger partial charge in [0, 0.05) is 7.11 Å². The number of rotatable bonds is 8. The predicted octanol–water partition coefficient (Wildman–Crippen LogP) is 3.40. The second kappa shape index (κ2) is 9.90. The summed E-state index contributed by atoms with van der Waals surface area (Å²) in [4.78, 5) is 30.2. The number of amides is 1. The number of hydrogen-bond donors (Lipinski definition) is 1. The minimum Gasteiger partial charge on any atom is -0.482 e. The smallest absolute Gasteiger partial charge is 0.341 e. The summed E-state index contributed by atoms with van der Waals surface area (Å²) in [7, 11) is 1.59. The molecule has 0 radical (unpaired) electrons. The quantitative estimate of drug-likeness (QED) is 0.669. The number of nitrogens with zero attached hydrogens (tertiary/aromatic N) is 2. The number of aliphatic carboxylic acids is 1. The van der Waals surface area contributed by atoms with Gasteiger partial charge in [-0.05, 0) is 47.7 Å². The first kappa shape index (κ1) is 20.6. The molecule has 1 saturated heterocycles. The number of hydrogen-bond acceptors (Lipinski definition) is 6. The molecule has 1 fully saturated rings. The van der Waals surface area contributed by atoms with Gasteiger partial charge in [0.2, 0.25) is 0 Å². The molecule has 0 atom stereocenters. The van der Waals surface area contributed by atoms with E-state index in [9.17, 15) is 9.59 Å². The van der Waals surface area contributed by atoms with Crippen LogP contribution in [0.1, 0.15) is 5.56 Å². The van der Waals surface area contributed by atoms with Crippen molar-refractivity contribution < 1.29 is 24.2 Å². The van der Waals surface area contributed by atoms with Gasteiger partial charge in [0.15, 0.2) is 11.8 Å². The first-order chi connectivity index (χ1) is 14.1. The van der Waals surface area contributed by atoms with E-state index in [0.717, 1.165) is 11.3 Å². The van der Waals surface area contributed by atoms with Crippen LogP contribution in [0.5, 0.6) is 5.75 Å². The summed E-state index contributed by atoms with van der Waals surface area (Å²) in [5.41, 5.74) is 1.57. The van der Waals surface area contributed by atoms with E-state index < -0.39 is 12.6 Å². The first-order valence-corrected chi connectivity index (χ1v) is 9.67. The molecule has 0 aliphatic carbocycles. The molecule has 8 heteroatoms. The average molecular weight is 412 g/mol. The Morgan fingerprint density at radius 3 is 2.55 bits per heavy atom. The molecule has 1 amide bonds. The van der Waals surface area contributed by atoms with E-state index in [4.69, 9.17) is 14.6 Å². The van der Waals surface area contributed by atoms with Crippen LogP contribution in [-0.2, 0) is 14.3 Å². The largest absolute Gasteiger partial charge is 0.482 e. The lowest BCUT2D eigenvalue weighted by atomic mass is 10.2. The van der Waals surface area contributed by atoms with Crippen LogP contribution >= 0.6 is 11.8 Å². The minimum absolute atomic E-state index is 0.132. The Balaban J connectivity index is 1.80. The van der Waals surface area contributed by atoms with E-state index >= 15 is 0 Å². The monoisotopic (exact) mass is 412 g/mol. The molecule has 0 bridgehead atoms. The molecular weight excluding hydrogens is 392 g/mol. The van der Waals surface area contributed by atoms with Gasteiger partial charge in [-0.3, -0.25) is 9.69 Å². The molecule has 1 aliphatic rings. The highest BCUT2D eigenvalue weighted by Gasteiger charge is 2.33. The van der Waals surface area contributed by atoms with Crippen LogP contribution in [0.4, 0.5) is 5.69 Å². The zero-order valence-corrected chi connectivity index (χ0v) is 16.6. The van der Waals surface area contributed by atoms with Gasteiger partial charge in [0.05, 0.1) is 23.7 Å². The van der Waals surface area contributed by atoms with Crippen LogP contribution in [0.25, 0.3) is 6.08 Å². The number of thioether (sulfide) groups is 1. The van der Waals surface area contributed by atoms with Crippen molar-refractivity contribution in [1.29, 1.82) is 0 Å². The lowest BCUT2D eigenvalue weighted by Crippen LogP contribution is -2.32. The summed E-state index contributed by atoms with van der Waals surface area (Å²) < 4.78 is 10.2. The molecule has 2 aromatic rings. The summed E-state index contributed by atoms with van der Waals surface area (Å²) in [5, 5.41) is 9.27. The number of para-hydroxylation sites is 1. The first-order valence-electron chi connectivity index (χ1n) is 8.85. The predicted molar refractivity (Wildman–Crippen MR) is 112 cm³/mol. The van der Waals surface area contributed by atoms with E-state index in [0.29, 0.717) is 29.0 Å². The van der Waals surface area contributed by atoms with Crippen LogP contribution in [-0.4, -0.2) is 53.9 Å². The zero-order chi connectivity index (χ0) is 20.6. The number of carboxylic acid groups (broad SMARTS) is 1. The van der Waals surface area contributed by atoms with E-state index in [-0.39, 0.29) is 5.91 Å². The van der Waals surface area contributed by atoms with E-state index in [1.807, 2.05) is 30.3 Å².